The number of aliphatic hydroxyl groups excluding tert-OH is 1. The van der Waals surface area contributed by atoms with Crippen molar-refractivity contribution in [3.63, 3.8) is 0 Å². The molecule has 0 aliphatic rings. The summed E-state index contributed by atoms with van der Waals surface area (Å²) in [6, 6.07) is 0. The minimum atomic E-state index is -1.16. The Bertz CT molecular complexity index is 365. The first-order chi connectivity index (χ1) is 11.2. The van der Waals surface area contributed by atoms with Crippen molar-refractivity contribution in [2.75, 3.05) is 27.7 Å². The summed E-state index contributed by atoms with van der Waals surface area (Å²) < 4.78 is 5.71. The van der Waals surface area contributed by atoms with Gasteiger partial charge in [0.1, 0.15) is 6.54 Å². The summed E-state index contributed by atoms with van der Waals surface area (Å²) in [4.78, 5) is 22.9. The van der Waals surface area contributed by atoms with Gasteiger partial charge >= 0.3 is 11.9 Å². The van der Waals surface area contributed by atoms with Crippen LogP contribution in [-0.4, -0.2) is 66.5 Å². The quantitative estimate of drug-likeness (QED) is 0.287. The fourth-order valence-corrected chi connectivity index (χ4v) is 2.60. The SMILES string of the molecule is CCCCCCCCCC(O)C(=O)OC(CC(=O)O)C[N+](C)(C)C. The van der Waals surface area contributed by atoms with Crippen LogP contribution in [0, 0.1) is 0 Å². The van der Waals surface area contributed by atoms with Crippen LogP contribution >= 0.6 is 0 Å². The number of carbonyl (C=O) groups is 2. The third-order valence-corrected chi connectivity index (χ3v) is 3.79. The summed E-state index contributed by atoms with van der Waals surface area (Å²) >= 11 is 0. The third kappa shape index (κ3) is 13.3. The number of carbonyl (C=O) groups excluding carboxylic acids is 1. The van der Waals surface area contributed by atoms with Crippen LogP contribution in [0.15, 0.2) is 0 Å². The van der Waals surface area contributed by atoms with Crippen molar-refractivity contribution in [3.8, 4) is 0 Å². The second-order valence-corrected chi connectivity index (χ2v) is 7.56. The second-order valence-electron chi connectivity index (χ2n) is 7.56. The van der Waals surface area contributed by atoms with E-state index in [0.29, 0.717) is 17.4 Å². The number of aliphatic carboxylic acids is 1. The van der Waals surface area contributed by atoms with E-state index in [1.54, 1.807) is 0 Å². The number of carboxylic acids is 1. The van der Waals surface area contributed by atoms with Crippen molar-refractivity contribution in [1.82, 2.24) is 0 Å². The van der Waals surface area contributed by atoms with E-state index in [1.807, 2.05) is 21.1 Å². The number of nitrogens with zero attached hydrogens (tertiary/aromatic N) is 1. The topological polar surface area (TPSA) is 83.8 Å². The Kier molecular flexibility index (Phi) is 11.7. The van der Waals surface area contributed by atoms with Gasteiger partial charge in [0.05, 0.1) is 27.6 Å². The molecule has 0 radical (unpaired) electrons. The van der Waals surface area contributed by atoms with Gasteiger partial charge in [0.2, 0.25) is 0 Å². The van der Waals surface area contributed by atoms with Gasteiger partial charge in [-0.3, -0.25) is 4.79 Å². The molecule has 24 heavy (non-hydrogen) atoms. The van der Waals surface area contributed by atoms with Crippen LogP contribution in [0.3, 0.4) is 0 Å². The fraction of sp³-hybridized carbons (Fsp3) is 0.889. The summed E-state index contributed by atoms with van der Waals surface area (Å²) in [6.07, 6.45) is 6.03. The van der Waals surface area contributed by atoms with Crippen molar-refractivity contribution in [1.29, 1.82) is 0 Å². The predicted octanol–water partition coefficient (Wildman–Crippen LogP) is 2.58. The van der Waals surface area contributed by atoms with Crippen LogP contribution < -0.4 is 0 Å². The van der Waals surface area contributed by atoms with E-state index in [1.165, 1.54) is 25.7 Å². The number of unbranched alkanes of at least 4 members (excludes halogenated alkanes) is 6. The maximum absolute atomic E-state index is 12.0. The highest BCUT2D eigenvalue weighted by atomic mass is 16.6. The molecular weight excluding hydrogens is 310 g/mol. The van der Waals surface area contributed by atoms with Crippen molar-refractivity contribution >= 4 is 11.9 Å². The molecule has 2 unspecified atom stereocenters. The van der Waals surface area contributed by atoms with Crippen LogP contribution in [0.4, 0.5) is 0 Å². The zero-order valence-corrected chi connectivity index (χ0v) is 15.8. The first-order valence-corrected chi connectivity index (χ1v) is 9.06. The molecule has 2 N–H and O–H groups in total. The first-order valence-electron chi connectivity index (χ1n) is 9.06. The summed E-state index contributed by atoms with van der Waals surface area (Å²) in [5, 5.41) is 18.8. The molecule has 0 saturated carbocycles. The molecule has 0 fully saturated rings. The molecular formula is C18H36NO5+. The largest absolute Gasteiger partial charge is 0.481 e. The number of hydrogen-bond acceptors (Lipinski definition) is 4. The number of hydrogen-bond donors (Lipinski definition) is 2. The lowest BCUT2D eigenvalue weighted by atomic mass is 10.1. The van der Waals surface area contributed by atoms with Crippen molar-refractivity contribution in [2.24, 2.45) is 0 Å². The van der Waals surface area contributed by atoms with Gasteiger partial charge in [-0.25, -0.2) is 4.79 Å². The van der Waals surface area contributed by atoms with Crippen molar-refractivity contribution in [3.05, 3.63) is 0 Å². The maximum Gasteiger partial charge on any atom is 0.335 e. The molecule has 0 spiro atoms. The molecule has 0 amide bonds. The summed E-state index contributed by atoms with van der Waals surface area (Å²) in [5.74, 6) is -1.72. The molecule has 0 heterocycles. The predicted molar refractivity (Wildman–Crippen MR) is 93.6 cm³/mol. The fourth-order valence-electron chi connectivity index (χ4n) is 2.60. The van der Waals surface area contributed by atoms with Crippen LogP contribution in [0.2, 0.25) is 0 Å². The molecule has 142 valence electrons. The van der Waals surface area contributed by atoms with E-state index in [9.17, 15) is 14.7 Å². The monoisotopic (exact) mass is 346 g/mol. The Morgan fingerprint density at radius 3 is 2.04 bits per heavy atom. The molecule has 2 atom stereocenters. The van der Waals surface area contributed by atoms with E-state index >= 15 is 0 Å². The van der Waals surface area contributed by atoms with E-state index in [0.717, 1.165) is 19.3 Å². The summed E-state index contributed by atoms with van der Waals surface area (Å²) in [5.41, 5.74) is 0. The lowest BCUT2D eigenvalue weighted by Crippen LogP contribution is -2.44. The normalized spacial score (nSPS) is 14.2. The van der Waals surface area contributed by atoms with E-state index in [4.69, 9.17) is 9.84 Å². The standard InChI is InChI=1S/C18H35NO5/c1-5-6-7-8-9-10-11-12-16(20)18(23)24-15(13-17(21)22)14-19(2,3)4/h15-16,20H,5-14H2,1-4H3/p+1. The number of quaternary nitrogens is 1. The van der Waals surface area contributed by atoms with Gasteiger partial charge in [0.15, 0.2) is 12.2 Å². The number of ether oxygens (including phenoxy) is 1. The van der Waals surface area contributed by atoms with Gasteiger partial charge in [0.25, 0.3) is 0 Å². The van der Waals surface area contributed by atoms with Crippen LogP contribution in [0.5, 0.6) is 0 Å². The van der Waals surface area contributed by atoms with Crippen molar-refractivity contribution in [2.45, 2.75) is 76.9 Å². The van der Waals surface area contributed by atoms with Crippen molar-refractivity contribution < 1.29 is 29.0 Å². The van der Waals surface area contributed by atoms with E-state index in [-0.39, 0.29) is 6.42 Å². The van der Waals surface area contributed by atoms with Gasteiger partial charge in [-0.15, -0.1) is 0 Å². The molecule has 0 saturated heterocycles. The highest BCUT2D eigenvalue weighted by Crippen LogP contribution is 2.12. The molecule has 0 aliphatic heterocycles. The highest BCUT2D eigenvalue weighted by Gasteiger charge is 2.27. The molecule has 0 aromatic rings. The third-order valence-electron chi connectivity index (χ3n) is 3.79. The van der Waals surface area contributed by atoms with E-state index < -0.39 is 24.1 Å². The van der Waals surface area contributed by atoms with E-state index in [2.05, 4.69) is 6.92 Å². The number of likely N-dealkylation sites (N-methyl/N-ethyl adjacent to an activating group) is 1. The molecule has 6 heteroatoms. The highest BCUT2D eigenvalue weighted by molar-refractivity contribution is 5.75. The first kappa shape index (κ1) is 22.9. The number of aliphatic hydroxyl groups is 1. The average Bonchev–Trinajstić information content (AvgIpc) is 2.43. The van der Waals surface area contributed by atoms with Gasteiger partial charge in [-0.05, 0) is 6.42 Å². The van der Waals surface area contributed by atoms with Crippen LogP contribution in [0.1, 0.15) is 64.7 Å². The summed E-state index contributed by atoms with van der Waals surface area (Å²) in [7, 11) is 5.70. The molecule has 0 rings (SSSR count). The van der Waals surface area contributed by atoms with Crippen LogP contribution in [0.25, 0.3) is 0 Å². The minimum absolute atomic E-state index is 0.245. The Labute approximate surface area is 146 Å². The molecule has 0 aromatic heterocycles. The average molecular weight is 346 g/mol. The zero-order chi connectivity index (χ0) is 18.6. The Balaban J connectivity index is 4.12. The molecule has 0 aliphatic carbocycles. The minimum Gasteiger partial charge on any atom is -0.481 e. The lowest BCUT2D eigenvalue weighted by molar-refractivity contribution is -0.873. The maximum atomic E-state index is 12.0. The second kappa shape index (κ2) is 12.3. The number of esters is 1. The van der Waals surface area contributed by atoms with Gasteiger partial charge < -0.3 is 19.4 Å². The Morgan fingerprint density at radius 1 is 1.00 bits per heavy atom. The zero-order valence-electron chi connectivity index (χ0n) is 15.8. The molecule has 0 bridgehead atoms. The molecule has 6 nitrogen and oxygen atoms in total. The Hall–Kier alpha value is -1.14. The summed E-state index contributed by atoms with van der Waals surface area (Å²) in [6.45, 7) is 2.57. The Morgan fingerprint density at radius 2 is 1.54 bits per heavy atom. The lowest BCUT2D eigenvalue weighted by Gasteiger charge is -2.28. The van der Waals surface area contributed by atoms with Gasteiger partial charge in [-0.1, -0.05) is 51.9 Å². The van der Waals surface area contributed by atoms with Gasteiger partial charge in [0, 0.05) is 0 Å². The smallest absolute Gasteiger partial charge is 0.335 e. The number of carboxylic acid groups (broad SMARTS) is 1. The van der Waals surface area contributed by atoms with Gasteiger partial charge in [-0.2, -0.15) is 0 Å². The van der Waals surface area contributed by atoms with Crippen LogP contribution in [-0.2, 0) is 14.3 Å². The molecule has 0 aromatic carbocycles. The number of rotatable bonds is 14.